The molecule has 0 unspecified atom stereocenters. The first-order valence-electron chi connectivity index (χ1n) is 9.11. The summed E-state index contributed by atoms with van der Waals surface area (Å²) in [5.41, 5.74) is 0.851. The molecule has 0 radical (unpaired) electrons. The zero-order valence-corrected chi connectivity index (χ0v) is 15.7. The van der Waals surface area contributed by atoms with Crippen LogP contribution in [0, 0.1) is 21.4 Å². The summed E-state index contributed by atoms with van der Waals surface area (Å²) in [5, 5.41) is 20.7. The fourth-order valence-corrected chi connectivity index (χ4v) is 3.44. The highest BCUT2D eigenvalue weighted by atomic mass is 16.6. The van der Waals surface area contributed by atoms with Gasteiger partial charge in [0.2, 0.25) is 0 Å². The molecule has 0 spiro atoms. The number of rotatable bonds is 6. The first-order chi connectivity index (χ1) is 14.5. The predicted molar refractivity (Wildman–Crippen MR) is 109 cm³/mol. The number of carbonyl (C=O) groups excluding carboxylic acids is 1. The van der Waals surface area contributed by atoms with Gasteiger partial charge in [0.25, 0.3) is 11.2 Å². The van der Waals surface area contributed by atoms with E-state index >= 15 is 0 Å². The molecule has 2 heterocycles. The van der Waals surface area contributed by atoms with Crippen molar-refractivity contribution in [3.8, 4) is 6.07 Å². The lowest BCUT2D eigenvalue weighted by Crippen LogP contribution is -2.24. The van der Waals surface area contributed by atoms with Crippen LogP contribution in [0.25, 0.3) is 21.8 Å². The standard InChI is InChI=1S/C21H15N5O4/c22-8-3-9-24-11-17(15-4-1-2-5-19(15)24)20(27)12-25-13-23-18-7-6-14(26(29)30)10-16(18)21(25)28/h1-2,4-7,10-11,13H,3,9,12H2. The Kier molecular flexibility index (Phi) is 4.82. The van der Waals surface area contributed by atoms with Crippen LogP contribution in [-0.4, -0.2) is 24.8 Å². The van der Waals surface area contributed by atoms with E-state index in [2.05, 4.69) is 11.1 Å². The Morgan fingerprint density at radius 1 is 1.17 bits per heavy atom. The number of non-ortho nitro benzene ring substituents is 1. The van der Waals surface area contributed by atoms with Crippen LogP contribution in [0.1, 0.15) is 16.8 Å². The summed E-state index contributed by atoms with van der Waals surface area (Å²) < 4.78 is 2.99. The largest absolute Gasteiger partial charge is 0.346 e. The Morgan fingerprint density at radius 3 is 2.73 bits per heavy atom. The van der Waals surface area contributed by atoms with Crippen molar-refractivity contribution < 1.29 is 9.72 Å². The number of benzene rings is 2. The number of nitriles is 1. The number of ketones is 1. The van der Waals surface area contributed by atoms with Crippen LogP contribution in [0.2, 0.25) is 0 Å². The van der Waals surface area contributed by atoms with E-state index in [1.165, 1.54) is 24.5 Å². The van der Waals surface area contributed by atoms with Gasteiger partial charge < -0.3 is 4.57 Å². The van der Waals surface area contributed by atoms with Crippen molar-refractivity contribution in [1.29, 1.82) is 5.26 Å². The third-order valence-corrected chi connectivity index (χ3v) is 4.89. The van der Waals surface area contributed by atoms with Crippen LogP contribution in [0.15, 0.2) is 59.8 Å². The second-order valence-electron chi connectivity index (χ2n) is 6.72. The highest BCUT2D eigenvalue weighted by Crippen LogP contribution is 2.23. The minimum atomic E-state index is -0.586. The minimum absolute atomic E-state index is 0.0796. The normalized spacial score (nSPS) is 10.9. The number of nitro benzene ring substituents is 1. The van der Waals surface area contributed by atoms with Gasteiger partial charge in [-0.1, -0.05) is 18.2 Å². The first kappa shape index (κ1) is 19.0. The molecule has 148 valence electrons. The Morgan fingerprint density at radius 2 is 1.97 bits per heavy atom. The van der Waals surface area contributed by atoms with E-state index in [1.807, 2.05) is 28.8 Å². The van der Waals surface area contributed by atoms with Crippen molar-refractivity contribution in [3.63, 3.8) is 0 Å². The van der Waals surface area contributed by atoms with E-state index < -0.39 is 10.5 Å². The Labute approximate surface area is 169 Å². The summed E-state index contributed by atoms with van der Waals surface area (Å²) >= 11 is 0. The number of hydrogen-bond donors (Lipinski definition) is 0. The number of nitrogens with zero attached hydrogens (tertiary/aromatic N) is 5. The fraction of sp³-hybridized carbons (Fsp3) is 0.143. The molecule has 9 heteroatoms. The lowest BCUT2D eigenvalue weighted by Gasteiger charge is -2.06. The molecule has 9 nitrogen and oxygen atoms in total. The van der Waals surface area contributed by atoms with Gasteiger partial charge in [-0.2, -0.15) is 5.26 Å². The third-order valence-electron chi connectivity index (χ3n) is 4.89. The quantitative estimate of drug-likeness (QED) is 0.278. The average molecular weight is 401 g/mol. The molecule has 0 amide bonds. The molecule has 0 saturated heterocycles. The lowest BCUT2D eigenvalue weighted by atomic mass is 10.1. The number of aromatic nitrogens is 3. The van der Waals surface area contributed by atoms with Gasteiger partial charge in [0.15, 0.2) is 5.78 Å². The summed E-state index contributed by atoms with van der Waals surface area (Å²) in [5.74, 6) is -0.296. The summed E-state index contributed by atoms with van der Waals surface area (Å²) in [6.07, 6.45) is 3.26. The van der Waals surface area contributed by atoms with E-state index in [-0.39, 0.29) is 23.4 Å². The highest BCUT2D eigenvalue weighted by molar-refractivity contribution is 6.08. The van der Waals surface area contributed by atoms with Crippen molar-refractivity contribution in [1.82, 2.24) is 14.1 Å². The molecular weight excluding hydrogens is 386 g/mol. The van der Waals surface area contributed by atoms with Gasteiger partial charge in [-0.3, -0.25) is 24.3 Å². The Hall–Kier alpha value is -4.32. The van der Waals surface area contributed by atoms with Gasteiger partial charge in [-0.15, -0.1) is 0 Å². The van der Waals surface area contributed by atoms with E-state index in [9.17, 15) is 19.7 Å². The molecule has 0 fully saturated rings. The van der Waals surface area contributed by atoms with E-state index in [1.54, 1.807) is 6.20 Å². The molecule has 2 aromatic carbocycles. The van der Waals surface area contributed by atoms with Crippen LogP contribution in [-0.2, 0) is 13.1 Å². The highest BCUT2D eigenvalue weighted by Gasteiger charge is 2.17. The van der Waals surface area contributed by atoms with Crippen molar-refractivity contribution in [3.05, 3.63) is 81.0 Å². The number of carbonyl (C=O) groups is 1. The maximum absolute atomic E-state index is 13.0. The summed E-state index contributed by atoms with van der Waals surface area (Å²) in [6, 6.07) is 13.3. The molecule has 0 aliphatic heterocycles. The van der Waals surface area contributed by atoms with Crippen molar-refractivity contribution >= 4 is 33.3 Å². The lowest BCUT2D eigenvalue weighted by molar-refractivity contribution is -0.384. The zero-order valence-electron chi connectivity index (χ0n) is 15.7. The van der Waals surface area contributed by atoms with E-state index in [4.69, 9.17) is 5.26 Å². The second-order valence-corrected chi connectivity index (χ2v) is 6.72. The number of Topliss-reactive ketones (excluding diaryl/α,β-unsaturated/α-hetero) is 1. The molecule has 0 bridgehead atoms. The molecule has 0 aliphatic carbocycles. The molecule has 2 aromatic heterocycles. The number of aryl methyl sites for hydroxylation is 1. The SMILES string of the molecule is N#CCCn1cc(C(=O)Cn2cnc3ccc([N+](=O)[O-])cc3c2=O)c2ccccc21. The monoisotopic (exact) mass is 401 g/mol. The minimum Gasteiger partial charge on any atom is -0.346 e. The number of fused-ring (bicyclic) bond motifs is 2. The van der Waals surface area contributed by atoms with Gasteiger partial charge in [0, 0.05) is 41.3 Å². The zero-order chi connectivity index (χ0) is 21.3. The van der Waals surface area contributed by atoms with Gasteiger partial charge in [0.1, 0.15) is 0 Å². The van der Waals surface area contributed by atoms with Gasteiger partial charge in [0.05, 0.1) is 41.2 Å². The molecule has 0 atom stereocenters. The van der Waals surface area contributed by atoms with Crippen LogP contribution in [0.3, 0.4) is 0 Å². The molecule has 4 rings (SSSR count). The van der Waals surface area contributed by atoms with Crippen LogP contribution >= 0.6 is 0 Å². The van der Waals surface area contributed by atoms with Crippen molar-refractivity contribution in [2.45, 2.75) is 19.5 Å². The Bertz CT molecular complexity index is 1410. The molecule has 30 heavy (non-hydrogen) atoms. The van der Waals surface area contributed by atoms with E-state index in [0.717, 1.165) is 15.5 Å². The Balaban J connectivity index is 1.73. The number of para-hydroxylation sites is 1. The van der Waals surface area contributed by atoms with Crippen molar-refractivity contribution in [2.24, 2.45) is 0 Å². The maximum Gasteiger partial charge on any atom is 0.270 e. The van der Waals surface area contributed by atoms with Gasteiger partial charge in [-0.25, -0.2) is 4.98 Å². The second kappa shape index (κ2) is 7.60. The topological polar surface area (TPSA) is 124 Å². The molecular formula is C21H15N5O4. The van der Waals surface area contributed by atoms with Crippen LogP contribution < -0.4 is 5.56 Å². The van der Waals surface area contributed by atoms with Gasteiger partial charge >= 0.3 is 0 Å². The molecule has 0 N–H and O–H groups in total. The smallest absolute Gasteiger partial charge is 0.270 e. The summed E-state index contributed by atoms with van der Waals surface area (Å²) in [4.78, 5) is 40.4. The maximum atomic E-state index is 13.0. The van der Waals surface area contributed by atoms with E-state index in [0.29, 0.717) is 24.0 Å². The van der Waals surface area contributed by atoms with Crippen LogP contribution in [0.5, 0.6) is 0 Å². The molecule has 4 aromatic rings. The average Bonchev–Trinajstić information content (AvgIpc) is 3.13. The molecule has 0 aliphatic rings. The third kappa shape index (κ3) is 3.31. The summed E-state index contributed by atoms with van der Waals surface area (Å²) in [6.45, 7) is 0.197. The summed E-state index contributed by atoms with van der Waals surface area (Å²) in [7, 11) is 0. The number of hydrogen-bond acceptors (Lipinski definition) is 6. The number of nitro groups is 1. The first-order valence-corrected chi connectivity index (χ1v) is 9.11. The van der Waals surface area contributed by atoms with Crippen molar-refractivity contribution in [2.75, 3.05) is 0 Å². The van der Waals surface area contributed by atoms with Gasteiger partial charge in [-0.05, 0) is 12.1 Å². The van der Waals surface area contributed by atoms with Crippen LogP contribution in [0.4, 0.5) is 5.69 Å². The fourth-order valence-electron chi connectivity index (χ4n) is 3.44. The predicted octanol–water partition coefficient (Wildman–Crippen LogP) is 3.06. The molecule has 0 saturated carbocycles.